The molecule has 21 heavy (non-hydrogen) atoms. The zero-order chi connectivity index (χ0) is 15.4. The van der Waals surface area contributed by atoms with Gasteiger partial charge in [0.1, 0.15) is 24.7 Å². The molecule has 1 fully saturated rings. The number of aromatic nitrogens is 3. The van der Waals surface area contributed by atoms with Crippen LogP contribution in [0.25, 0.3) is 0 Å². The molecule has 1 saturated heterocycles. The van der Waals surface area contributed by atoms with Crippen LogP contribution < -0.4 is 5.32 Å². The highest BCUT2D eigenvalue weighted by Crippen LogP contribution is 2.12. The highest BCUT2D eigenvalue weighted by atomic mass is 16.2. The Labute approximate surface area is 124 Å². The lowest BCUT2D eigenvalue weighted by atomic mass is 10.1. The van der Waals surface area contributed by atoms with Gasteiger partial charge in [-0.2, -0.15) is 5.10 Å². The second-order valence-electron chi connectivity index (χ2n) is 5.86. The van der Waals surface area contributed by atoms with Crippen LogP contribution in [0.3, 0.4) is 0 Å². The largest absolute Gasteiger partial charge is 0.343 e. The van der Waals surface area contributed by atoms with E-state index in [9.17, 15) is 9.59 Å². The third kappa shape index (κ3) is 3.80. The molecule has 1 aliphatic heterocycles. The van der Waals surface area contributed by atoms with Crippen LogP contribution in [0.15, 0.2) is 6.33 Å². The summed E-state index contributed by atoms with van der Waals surface area (Å²) in [4.78, 5) is 29.9. The van der Waals surface area contributed by atoms with E-state index >= 15 is 0 Å². The van der Waals surface area contributed by atoms with Crippen LogP contribution in [0.5, 0.6) is 0 Å². The van der Waals surface area contributed by atoms with Gasteiger partial charge in [0.05, 0.1) is 6.54 Å². The van der Waals surface area contributed by atoms with Crippen molar-refractivity contribution in [3.8, 4) is 0 Å². The minimum atomic E-state index is -0.405. The molecule has 7 heteroatoms. The molecule has 0 bridgehead atoms. The zero-order valence-corrected chi connectivity index (χ0v) is 12.9. The summed E-state index contributed by atoms with van der Waals surface area (Å²) in [6, 6.07) is -0.405. The summed E-state index contributed by atoms with van der Waals surface area (Å²) in [5.41, 5.74) is 0. The highest BCUT2D eigenvalue weighted by molar-refractivity contribution is 5.94. The van der Waals surface area contributed by atoms with Gasteiger partial charge in [0.25, 0.3) is 0 Å². The molecule has 0 saturated carbocycles. The molecular weight excluding hydrogens is 270 g/mol. The molecule has 0 spiro atoms. The number of amides is 2. The van der Waals surface area contributed by atoms with Gasteiger partial charge in [0.2, 0.25) is 11.8 Å². The maximum atomic E-state index is 12.4. The van der Waals surface area contributed by atoms with Gasteiger partial charge >= 0.3 is 0 Å². The quantitative estimate of drug-likeness (QED) is 0.831. The molecule has 1 N–H and O–H groups in total. The molecule has 2 amide bonds. The number of carbonyl (C=O) groups is 2. The van der Waals surface area contributed by atoms with Crippen LogP contribution in [0.1, 0.15) is 39.4 Å². The highest BCUT2D eigenvalue weighted by Gasteiger charge is 2.32. The average molecular weight is 293 g/mol. The Kier molecular flexibility index (Phi) is 4.93. The van der Waals surface area contributed by atoms with Crippen molar-refractivity contribution in [1.82, 2.24) is 25.0 Å². The van der Waals surface area contributed by atoms with E-state index in [0.717, 1.165) is 18.8 Å². The third-order valence-electron chi connectivity index (χ3n) is 3.42. The molecular formula is C14H23N5O2. The summed E-state index contributed by atoms with van der Waals surface area (Å²) < 4.78 is 1.80. The number of rotatable bonds is 6. The zero-order valence-electron chi connectivity index (χ0n) is 12.9. The first-order valence-electron chi connectivity index (χ1n) is 7.46. The lowest BCUT2D eigenvalue weighted by molar-refractivity contribution is -0.145. The maximum absolute atomic E-state index is 12.4. The second kappa shape index (κ2) is 6.69. The van der Waals surface area contributed by atoms with Gasteiger partial charge in [-0.15, -0.1) is 0 Å². The van der Waals surface area contributed by atoms with Crippen LogP contribution in [0.4, 0.5) is 0 Å². The lowest BCUT2D eigenvalue weighted by Gasteiger charge is -2.32. The molecule has 1 unspecified atom stereocenters. The molecule has 1 aliphatic rings. The number of hydrogen-bond acceptors (Lipinski definition) is 4. The molecule has 1 aromatic rings. The van der Waals surface area contributed by atoms with Gasteiger partial charge in [0.15, 0.2) is 0 Å². The SMILES string of the molecule is CCCC1NC(=O)CN(Cc2ncnn2CC(C)C)C1=O. The first kappa shape index (κ1) is 15.5. The van der Waals surface area contributed by atoms with Gasteiger partial charge in [-0.1, -0.05) is 27.2 Å². The monoisotopic (exact) mass is 293 g/mol. The Morgan fingerprint density at radius 3 is 2.86 bits per heavy atom. The second-order valence-corrected chi connectivity index (χ2v) is 5.86. The normalized spacial score (nSPS) is 19.2. The van der Waals surface area contributed by atoms with Gasteiger partial charge in [-0.3, -0.25) is 9.59 Å². The Balaban J connectivity index is 2.09. The first-order valence-corrected chi connectivity index (χ1v) is 7.46. The number of piperazine rings is 1. The molecule has 0 aromatic carbocycles. The molecule has 2 rings (SSSR count). The van der Waals surface area contributed by atoms with E-state index in [2.05, 4.69) is 29.2 Å². The molecule has 1 atom stereocenters. The van der Waals surface area contributed by atoms with Crippen molar-refractivity contribution in [3.63, 3.8) is 0 Å². The fraction of sp³-hybridized carbons (Fsp3) is 0.714. The summed E-state index contributed by atoms with van der Waals surface area (Å²) in [6.07, 6.45) is 3.02. The van der Waals surface area contributed by atoms with E-state index in [1.807, 2.05) is 6.92 Å². The first-order chi connectivity index (χ1) is 10.0. The van der Waals surface area contributed by atoms with Crippen molar-refractivity contribution >= 4 is 11.8 Å². The van der Waals surface area contributed by atoms with Crippen molar-refractivity contribution in [1.29, 1.82) is 0 Å². The molecule has 7 nitrogen and oxygen atoms in total. The molecule has 116 valence electrons. The topological polar surface area (TPSA) is 80.1 Å². The van der Waals surface area contributed by atoms with Gasteiger partial charge in [-0.25, -0.2) is 9.67 Å². The van der Waals surface area contributed by atoms with Crippen LogP contribution in [-0.4, -0.2) is 44.1 Å². The Morgan fingerprint density at radius 1 is 1.43 bits per heavy atom. The number of hydrogen-bond donors (Lipinski definition) is 1. The summed E-state index contributed by atoms with van der Waals surface area (Å²) >= 11 is 0. The van der Waals surface area contributed by atoms with Crippen molar-refractivity contribution in [3.05, 3.63) is 12.2 Å². The predicted molar refractivity (Wildman–Crippen MR) is 77.1 cm³/mol. The molecule has 2 heterocycles. The summed E-state index contributed by atoms with van der Waals surface area (Å²) in [5, 5.41) is 6.94. The van der Waals surface area contributed by atoms with Crippen molar-refractivity contribution in [2.45, 2.75) is 52.7 Å². The summed E-state index contributed by atoms with van der Waals surface area (Å²) in [7, 11) is 0. The van der Waals surface area contributed by atoms with Crippen molar-refractivity contribution in [2.75, 3.05) is 6.54 Å². The fourth-order valence-electron chi connectivity index (χ4n) is 2.47. The van der Waals surface area contributed by atoms with Crippen LogP contribution >= 0.6 is 0 Å². The average Bonchev–Trinajstić information content (AvgIpc) is 2.82. The smallest absolute Gasteiger partial charge is 0.246 e. The number of carbonyl (C=O) groups excluding carboxylic acids is 2. The van der Waals surface area contributed by atoms with Gasteiger partial charge in [0, 0.05) is 6.54 Å². The predicted octanol–water partition coefficient (Wildman–Crippen LogP) is 0.561. The molecule has 0 aliphatic carbocycles. The van der Waals surface area contributed by atoms with E-state index in [1.165, 1.54) is 6.33 Å². The minimum Gasteiger partial charge on any atom is -0.343 e. The number of nitrogens with zero attached hydrogens (tertiary/aromatic N) is 4. The summed E-state index contributed by atoms with van der Waals surface area (Å²) in [5.74, 6) is 1.03. The molecule has 0 radical (unpaired) electrons. The van der Waals surface area contributed by atoms with E-state index < -0.39 is 6.04 Å². The van der Waals surface area contributed by atoms with Gasteiger partial charge in [-0.05, 0) is 12.3 Å². The van der Waals surface area contributed by atoms with E-state index in [1.54, 1.807) is 9.58 Å². The maximum Gasteiger partial charge on any atom is 0.246 e. The third-order valence-corrected chi connectivity index (χ3v) is 3.42. The van der Waals surface area contributed by atoms with E-state index in [0.29, 0.717) is 18.9 Å². The minimum absolute atomic E-state index is 0.0319. The van der Waals surface area contributed by atoms with Gasteiger partial charge < -0.3 is 10.2 Å². The van der Waals surface area contributed by atoms with Crippen LogP contribution in [0, 0.1) is 5.92 Å². The van der Waals surface area contributed by atoms with Crippen molar-refractivity contribution in [2.24, 2.45) is 5.92 Å². The van der Waals surface area contributed by atoms with E-state index in [-0.39, 0.29) is 18.4 Å². The Morgan fingerprint density at radius 2 is 2.19 bits per heavy atom. The standard InChI is InChI=1S/C14H23N5O2/c1-4-5-11-14(21)18(8-13(20)17-11)7-12-15-9-16-19(12)6-10(2)3/h9-11H,4-8H2,1-3H3,(H,17,20). The lowest BCUT2D eigenvalue weighted by Crippen LogP contribution is -2.57. The Hall–Kier alpha value is -1.92. The molecule has 1 aromatic heterocycles. The Bertz CT molecular complexity index is 511. The summed E-state index contributed by atoms with van der Waals surface area (Å²) in [6.45, 7) is 7.37. The van der Waals surface area contributed by atoms with E-state index in [4.69, 9.17) is 0 Å². The van der Waals surface area contributed by atoms with Crippen LogP contribution in [0.2, 0.25) is 0 Å². The fourth-order valence-corrected chi connectivity index (χ4v) is 2.47. The van der Waals surface area contributed by atoms with Crippen molar-refractivity contribution < 1.29 is 9.59 Å². The number of nitrogens with one attached hydrogen (secondary N) is 1. The van der Waals surface area contributed by atoms with Crippen LogP contribution in [-0.2, 0) is 22.7 Å².